The van der Waals surface area contributed by atoms with Gasteiger partial charge in [0.15, 0.2) is 0 Å². The van der Waals surface area contributed by atoms with Crippen LogP contribution in [0.2, 0.25) is 0 Å². The minimum atomic E-state index is -3.78. The number of benzene rings is 3. The van der Waals surface area contributed by atoms with Crippen molar-refractivity contribution in [3.05, 3.63) is 102 Å². The number of amides is 9. The van der Waals surface area contributed by atoms with Crippen LogP contribution in [0.1, 0.15) is 37.6 Å². The molecule has 20 nitrogen and oxygen atoms in total. The lowest BCUT2D eigenvalue weighted by atomic mass is 9.92. The van der Waals surface area contributed by atoms with E-state index in [1.807, 2.05) is 61.5 Å². The molecule has 4 heterocycles. The molecule has 0 saturated carbocycles. The van der Waals surface area contributed by atoms with Crippen LogP contribution in [0.5, 0.6) is 5.75 Å². The molecule has 5 aromatic rings. The minimum Gasteiger partial charge on any atom is -0.488 e. The lowest BCUT2D eigenvalue weighted by Crippen LogP contribution is -2.40. The van der Waals surface area contributed by atoms with Crippen LogP contribution in [-0.2, 0) is 32.1 Å². The topological polar surface area (TPSA) is 243 Å². The first-order valence-electron chi connectivity index (χ1n) is 19.4. The third-order valence-electron chi connectivity index (χ3n) is 9.78. The minimum absolute atomic E-state index is 0.00817. The number of carbonyl (C=O) groups excluding carboxylic acids is 5. The Kier molecular flexibility index (Phi) is 13.5. The lowest BCUT2D eigenvalue weighted by Gasteiger charge is -2.16. The fourth-order valence-electron chi connectivity index (χ4n) is 6.47. The molecule has 3 N–H and O–H groups in total. The van der Waals surface area contributed by atoms with Crippen molar-refractivity contribution >= 4 is 89.2 Å². The average Bonchev–Trinajstić information content (AvgIpc) is 3.95. The zero-order chi connectivity index (χ0) is 46.7. The number of pyridine rings is 1. The van der Waals surface area contributed by atoms with Crippen molar-refractivity contribution in [2.75, 3.05) is 54.6 Å². The number of anilines is 3. The van der Waals surface area contributed by atoms with Gasteiger partial charge in [0.05, 0.1) is 55.8 Å². The van der Waals surface area contributed by atoms with E-state index in [0.717, 1.165) is 45.1 Å². The van der Waals surface area contributed by atoms with Crippen molar-refractivity contribution in [1.82, 2.24) is 33.2 Å². The number of aromatic nitrogens is 3. The van der Waals surface area contributed by atoms with Crippen LogP contribution in [0.15, 0.2) is 85.1 Å². The summed E-state index contributed by atoms with van der Waals surface area (Å²) in [6.45, 7) is 8.12. The van der Waals surface area contributed by atoms with Crippen molar-refractivity contribution in [2.45, 2.75) is 39.7 Å². The van der Waals surface area contributed by atoms with Gasteiger partial charge in [-0.3, -0.25) is 15.4 Å². The van der Waals surface area contributed by atoms with Crippen LogP contribution in [0.25, 0.3) is 16.5 Å². The summed E-state index contributed by atoms with van der Waals surface area (Å²) in [6, 6.07) is 21.1. The summed E-state index contributed by atoms with van der Waals surface area (Å²) in [7, 11) is -7.37. The number of imide groups is 2. The zero-order valence-electron chi connectivity index (χ0n) is 35.5. The van der Waals surface area contributed by atoms with Crippen LogP contribution < -0.4 is 20.7 Å². The number of nitrogens with one attached hydrogen (secondary N) is 3. The van der Waals surface area contributed by atoms with Gasteiger partial charge in [-0.15, -0.1) is 0 Å². The molecule has 0 bridgehead atoms. The van der Waals surface area contributed by atoms with Gasteiger partial charge < -0.3 is 10.1 Å². The fourth-order valence-corrected chi connectivity index (χ4v) is 8.21. The summed E-state index contributed by atoms with van der Waals surface area (Å²) in [5.41, 5.74) is 3.79. The first-order valence-corrected chi connectivity index (χ1v) is 23.5. The SMILES string of the molecule is CS(=O)(=O)N1CCN(C(=O)Cl)C1=O.Cc1ccc(-n2nc(C(C)(C)C)cc2NC(=O)Nc2ccc(OCc3ccnc(NC(=O)N4CCN(S(C)(=O)=O)C4=O)c3)c3ccccc23)cc1. The Labute approximate surface area is 374 Å². The molecule has 0 aliphatic carbocycles. The van der Waals surface area contributed by atoms with Crippen LogP contribution in [0.4, 0.5) is 41.3 Å². The highest BCUT2D eigenvalue weighted by Crippen LogP contribution is 2.33. The number of carbonyl (C=O) groups is 5. The Morgan fingerprint density at radius 1 is 0.766 bits per heavy atom. The van der Waals surface area contributed by atoms with Gasteiger partial charge in [0.1, 0.15) is 24.0 Å². The number of aryl methyl sites for hydroxylation is 1. The third-order valence-corrected chi connectivity index (χ3v) is 12.3. The first kappa shape index (κ1) is 46.7. The second-order valence-corrected chi connectivity index (χ2v) is 19.8. The molecule has 2 aliphatic heterocycles. The van der Waals surface area contributed by atoms with E-state index in [1.54, 1.807) is 28.9 Å². The van der Waals surface area contributed by atoms with E-state index in [0.29, 0.717) is 36.3 Å². The van der Waals surface area contributed by atoms with Gasteiger partial charge in [0.25, 0.3) is 0 Å². The first-order chi connectivity index (χ1) is 30.0. The molecule has 0 unspecified atom stereocenters. The number of rotatable bonds is 9. The number of ether oxygens (including phenoxy) is 1. The molecule has 2 aliphatic rings. The smallest absolute Gasteiger partial charge is 0.341 e. The van der Waals surface area contributed by atoms with E-state index in [9.17, 15) is 40.8 Å². The summed E-state index contributed by atoms with van der Waals surface area (Å²) in [4.78, 5) is 66.0. The summed E-state index contributed by atoms with van der Waals surface area (Å²) >= 11 is 5.04. The second-order valence-electron chi connectivity index (χ2n) is 15.7. The number of sulfonamides is 2. The monoisotopic (exact) mass is 936 g/mol. The Balaban J connectivity index is 0.000000450. The highest BCUT2D eigenvalue weighted by molar-refractivity contribution is 7.89. The number of urea groups is 4. The normalized spacial score (nSPS) is 14.4. The van der Waals surface area contributed by atoms with Crippen molar-refractivity contribution < 1.29 is 45.5 Å². The summed E-state index contributed by atoms with van der Waals surface area (Å²) in [6.07, 6.45) is 3.30. The lowest BCUT2D eigenvalue weighted by molar-refractivity contribution is 0.200. The van der Waals surface area contributed by atoms with Gasteiger partial charge in [-0.25, -0.2) is 64.1 Å². The Morgan fingerprint density at radius 3 is 1.95 bits per heavy atom. The maximum absolute atomic E-state index is 13.4. The Morgan fingerprint density at radius 2 is 1.38 bits per heavy atom. The maximum atomic E-state index is 13.4. The van der Waals surface area contributed by atoms with Crippen LogP contribution in [0, 0.1) is 6.92 Å². The maximum Gasteiger partial charge on any atom is 0.341 e. The van der Waals surface area contributed by atoms with Gasteiger partial charge in [-0.05, 0) is 60.5 Å². The largest absolute Gasteiger partial charge is 0.488 e. The van der Waals surface area contributed by atoms with Gasteiger partial charge in [-0.2, -0.15) is 5.10 Å². The Hall–Kier alpha value is -6.78. The van der Waals surface area contributed by atoms with E-state index in [2.05, 4.69) is 41.7 Å². The number of fused-ring (bicyclic) bond motifs is 1. The molecule has 9 amide bonds. The van der Waals surface area contributed by atoms with Gasteiger partial charge >= 0.3 is 29.5 Å². The quantitative estimate of drug-likeness (QED) is 0.106. The molecule has 0 spiro atoms. The van der Waals surface area contributed by atoms with E-state index in [4.69, 9.17) is 21.4 Å². The molecule has 2 fully saturated rings. The third kappa shape index (κ3) is 10.9. The van der Waals surface area contributed by atoms with Crippen molar-refractivity contribution in [3.63, 3.8) is 0 Å². The zero-order valence-corrected chi connectivity index (χ0v) is 37.9. The molecule has 3 aromatic carbocycles. The molecule has 0 atom stereocenters. The van der Waals surface area contributed by atoms with E-state index in [1.165, 1.54) is 6.20 Å². The predicted molar refractivity (Wildman–Crippen MR) is 240 cm³/mol. The van der Waals surface area contributed by atoms with Crippen LogP contribution >= 0.6 is 11.6 Å². The number of halogens is 1. The van der Waals surface area contributed by atoms with Crippen LogP contribution in [0.3, 0.4) is 0 Å². The Bertz CT molecular complexity index is 2870. The highest BCUT2D eigenvalue weighted by atomic mass is 35.5. The predicted octanol–water partition coefficient (Wildman–Crippen LogP) is 6.52. The standard InChI is InChI=1S/C36H38N8O6S.C5H7ClN2O4S/c1-23-10-12-25(13-11-23)44-32(21-30(41-44)36(2,3)4)40-33(45)38-28-14-15-29(27-9-7-6-8-26(27)28)50-22-24-16-17-37-31(20-24)39-34(46)42-18-19-43(35(42)47)51(5,48)49;1-13(11,12)8-3-2-7(4(6)9)5(8)10/h6-17,20-21H,18-19,22H2,1-5H3,(H,37,39,46)(H2,38,40,45);2-3H2,1H3. The molecule has 23 heteroatoms. The number of nitrogens with zero attached hydrogens (tertiary/aromatic N) is 7. The number of hydrogen-bond acceptors (Lipinski definition) is 12. The summed E-state index contributed by atoms with van der Waals surface area (Å²) in [5.74, 6) is 1.26. The molecule has 0 radical (unpaired) electrons. The van der Waals surface area contributed by atoms with Crippen molar-refractivity contribution in [1.29, 1.82) is 0 Å². The average molecular weight is 937 g/mol. The summed E-state index contributed by atoms with van der Waals surface area (Å²) in [5, 5.41) is 13.8. The van der Waals surface area contributed by atoms with Crippen LogP contribution in [-0.4, -0.2) is 118 Å². The molecular weight excluding hydrogens is 892 g/mol. The molecule has 64 heavy (non-hydrogen) atoms. The van der Waals surface area contributed by atoms with Crippen molar-refractivity contribution in [3.8, 4) is 11.4 Å². The van der Waals surface area contributed by atoms with Gasteiger partial charge in [-0.1, -0.05) is 62.7 Å². The highest BCUT2D eigenvalue weighted by Gasteiger charge is 2.39. The van der Waals surface area contributed by atoms with Gasteiger partial charge in [0.2, 0.25) is 20.0 Å². The number of hydrogen-bond donors (Lipinski definition) is 3. The molecule has 7 rings (SSSR count). The van der Waals surface area contributed by atoms with E-state index < -0.39 is 49.5 Å². The second kappa shape index (κ2) is 18.5. The molecular formula is C41H45ClN10O10S2. The molecule has 2 saturated heterocycles. The van der Waals surface area contributed by atoms with Crippen molar-refractivity contribution in [2.24, 2.45) is 0 Å². The molecule has 338 valence electrons. The molecule has 2 aromatic heterocycles. The van der Waals surface area contributed by atoms with E-state index in [-0.39, 0.29) is 44.0 Å². The summed E-state index contributed by atoms with van der Waals surface area (Å²) < 4.78 is 54.6. The van der Waals surface area contributed by atoms with Gasteiger partial charge in [0, 0.05) is 28.5 Å². The fraction of sp³-hybridized carbons (Fsp3) is 0.293. The van der Waals surface area contributed by atoms with E-state index >= 15 is 0 Å².